The van der Waals surface area contributed by atoms with Crippen molar-refractivity contribution in [3.8, 4) is 0 Å². The maximum Gasteiger partial charge on any atom is 0.416 e. The molecule has 2 N–H and O–H groups in total. The Hall–Kier alpha value is -1.95. The molecule has 2 rings (SSSR count). The van der Waals surface area contributed by atoms with Crippen molar-refractivity contribution in [3.05, 3.63) is 47.0 Å². The predicted octanol–water partition coefficient (Wildman–Crippen LogP) is 4.54. The van der Waals surface area contributed by atoms with Crippen molar-refractivity contribution >= 4 is 28.9 Å². The molecule has 20 heavy (non-hydrogen) atoms. The van der Waals surface area contributed by atoms with Crippen LogP contribution in [0.4, 0.5) is 30.5 Å². The van der Waals surface area contributed by atoms with Crippen LogP contribution < -0.4 is 10.6 Å². The molecule has 0 saturated carbocycles. The number of nitrogens with zero attached hydrogens (tertiary/aromatic N) is 1. The minimum absolute atomic E-state index is 0.0893. The van der Waals surface area contributed by atoms with E-state index < -0.39 is 11.7 Å². The van der Waals surface area contributed by atoms with E-state index in [9.17, 15) is 13.2 Å². The highest BCUT2D eigenvalue weighted by Crippen LogP contribution is 2.32. The number of benzene rings is 1. The second-order valence-corrected chi connectivity index (χ2v) is 4.45. The maximum atomic E-state index is 12.8. The molecule has 0 amide bonds. The molecule has 0 saturated heterocycles. The fourth-order valence-corrected chi connectivity index (χ4v) is 1.79. The van der Waals surface area contributed by atoms with Crippen LogP contribution in [0.3, 0.4) is 0 Å². The van der Waals surface area contributed by atoms with E-state index in [1.807, 2.05) is 0 Å². The summed E-state index contributed by atoms with van der Waals surface area (Å²) in [6.07, 6.45) is -4.43. The molecule has 3 nitrogen and oxygen atoms in total. The summed E-state index contributed by atoms with van der Waals surface area (Å²) in [6.45, 7) is 0. The molecule has 0 spiro atoms. The molecule has 0 radical (unpaired) electrons. The Kier molecular flexibility index (Phi) is 4.04. The molecular weight excluding hydrogens is 291 g/mol. The van der Waals surface area contributed by atoms with Gasteiger partial charge >= 0.3 is 6.18 Å². The first-order valence-corrected chi connectivity index (χ1v) is 6.06. The lowest BCUT2D eigenvalue weighted by molar-refractivity contribution is -0.137. The number of hydrogen-bond donors (Lipinski definition) is 2. The SMILES string of the molecule is CNc1cc(C(F)(F)F)cc(Nc2cccc(Cl)c2)n1. The number of hydrogen-bond acceptors (Lipinski definition) is 3. The van der Waals surface area contributed by atoms with E-state index in [0.29, 0.717) is 10.7 Å². The molecule has 0 aliphatic rings. The summed E-state index contributed by atoms with van der Waals surface area (Å²) in [6, 6.07) is 8.54. The van der Waals surface area contributed by atoms with Gasteiger partial charge in [0.2, 0.25) is 0 Å². The average Bonchev–Trinajstić information content (AvgIpc) is 2.37. The number of halogens is 4. The molecule has 7 heteroatoms. The van der Waals surface area contributed by atoms with E-state index in [-0.39, 0.29) is 11.6 Å². The van der Waals surface area contributed by atoms with Gasteiger partial charge in [-0.15, -0.1) is 0 Å². The van der Waals surface area contributed by atoms with Crippen LogP contribution in [-0.4, -0.2) is 12.0 Å². The Balaban J connectivity index is 2.36. The third-order valence-electron chi connectivity index (χ3n) is 2.51. The highest BCUT2D eigenvalue weighted by atomic mass is 35.5. The minimum Gasteiger partial charge on any atom is -0.373 e. The molecular formula is C13H11ClF3N3. The molecule has 2 aromatic rings. The molecule has 1 aromatic heterocycles. The third kappa shape index (κ3) is 3.54. The number of anilines is 3. The van der Waals surface area contributed by atoms with Gasteiger partial charge in [0, 0.05) is 17.8 Å². The molecule has 0 unspecified atom stereocenters. The summed E-state index contributed by atoms with van der Waals surface area (Å²) >= 11 is 5.82. The first-order chi connectivity index (χ1) is 9.38. The van der Waals surface area contributed by atoms with Gasteiger partial charge in [0.05, 0.1) is 5.56 Å². The largest absolute Gasteiger partial charge is 0.416 e. The third-order valence-corrected chi connectivity index (χ3v) is 2.74. The first kappa shape index (κ1) is 14.5. The molecule has 0 bridgehead atoms. The number of alkyl halides is 3. The van der Waals surface area contributed by atoms with Crippen molar-refractivity contribution in [1.29, 1.82) is 0 Å². The van der Waals surface area contributed by atoms with Crippen LogP contribution in [0.5, 0.6) is 0 Å². The van der Waals surface area contributed by atoms with Crippen molar-refractivity contribution in [1.82, 2.24) is 4.98 Å². The number of nitrogens with one attached hydrogen (secondary N) is 2. The zero-order valence-corrected chi connectivity index (χ0v) is 11.2. The van der Waals surface area contributed by atoms with Gasteiger partial charge < -0.3 is 10.6 Å². The molecule has 106 valence electrons. The lowest BCUT2D eigenvalue weighted by Crippen LogP contribution is -2.08. The zero-order chi connectivity index (χ0) is 14.8. The van der Waals surface area contributed by atoms with Gasteiger partial charge in [0.15, 0.2) is 0 Å². The lowest BCUT2D eigenvalue weighted by Gasteiger charge is -2.12. The van der Waals surface area contributed by atoms with Crippen molar-refractivity contribution < 1.29 is 13.2 Å². The standard InChI is InChI=1S/C13H11ClF3N3/c1-18-11-5-8(13(15,16)17)6-12(20-11)19-10-4-2-3-9(14)7-10/h2-7H,1H3,(H2,18,19,20). The van der Waals surface area contributed by atoms with Gasteiger partial charge in [-0.25, -0.2) is 4.98 Å². The molecule has 0 fully saturated rings. The quantitative estimate of drug-likeness (QED) is 0.874. The Morgan fingerprint density at radius 3 is 2.40 bits per heavy atom. The van der Waals surface area contributed by atoms with E-state index in [0.717, 1.165) is 12.1 Å². The topological polar surface area (TPSA) is 37.0 Å². The predicted molar refractivity (Wildman–Crippen MR) is 73.5 cm³/mol. The minimum atomic E-state index is -4.43. The second-order valence-electron chi connectivity index (χ2n) is 4.01. The average molecular weight is 302 g/mol. The Labute approximate surface area is 118 Å². The van der Waals surface area contributed by atoms with Gasteiger partial charge in [0.1, 0.15) is 11.6 Å². The summed E-state index contributed by atoms with van der Waals surface area (Å²) in [7, 11) is 1.51. The van der Waals surface area contributed by atoms with Crippen LogP contribution in [0.15, 0.2) is 36.4 Å². The van der Waals surface area contributed by atoms with Crippen LogP contribution in [0, 0.1) is 0 Å². The van der Waals surface area contributed by atoms with Gasteiger partial charge in [-0.1, -0.05) is 17.7 Å². The van der Waals surface area contributed by atoms with Gasteiger partial charge in [-0.05, 0) is 30.3 Å². The summed E-state index contributed by atoms with van der Waals surface area (Å²) < 4.78 is 38.3. The fourth-order valence-electron chi connectivity index (χ4n) is 1.60. The van der Waals surface area contributed by atoms with Crippen LogP contribution in [-0.2, 0) is 6.18 Å². The molecule has 0 atom stereocenters. The molecule has 0 aliphatic heterocycles. The van der Waals surface area contributed by atoms with Crippen LogP contribution in [0.25, 0.3) is 0 Å². The molecule has 1 heterocycles. The van der Waals surface area contributed by atoms with Crippen LogP contribution in [0.1, 0.15) is 5.56 Å². The van der Waals surface area contributed by atoms with Crippen molar-refractivity contribution in [2.45, 2.75) is 6.18 Å². The first-order valence-electron chi connectivity index (χ1n) is 5.68. The fraction of sp³-hybridized carbons (Fsp3) is 0.154. The monoisotopic (exact) mass is 301 g/mol. The summed E-state index contributed by atoms with van der Waals surface area (Å²) in [4.78, 5) is 4.03. The Morgan fingerprint density at radius 1 is 1.10 bits per heavy atom. The summed E-state index contributed by atoms with van der Waals surface area (Å²) in [5.41, 5.74) is -0.215. The van der Waals surface area contributed by atoms with Crippen LogP contribution >= 0.6 is 11.6 Å². The van der Waals surface area contributed by atoms with E-state index in [2.05, 4.69) is 15.6 Å². The van der Waals surface area contributed by atoms with Crippen molar-refractivity contribution in [3.63, 3.8) is 0 Å². The van der Waals surface area contributed by atoms with Gasteiger partial charge in [-0.3, -0.25) is 0 Å². The highest BCUT2D eigenvalue weighted by Gasteiger charge is 2.31. The summed E-state index contributed by atoms with van der Waals surface area (Å²) in [5, 5.41) is 5.88. The van der Waals surface area contributed by atoms with Crippen molar-refractivity contribution in [2.75, 3.05) is 17.7 Å². The van der Waals surface area contributed by atoms with E-state index >= 15 is 0 Å². The van der Waals surface area contributed by atoms with Gasteiger partial charge in [-0.2, -0.15) is 13.2 Å². The number of rotatable bonds is 3. The van der Waals surface area contributed by atoms with Crippen LogP contribution in [0.2, 0.25) is 5.02 Å². The molecule has 0 aliphatic carbocycles. The van der Waals surface area contributed by atoms with Crippen molar-refractivity contribution in [2.24, 2.45) is 0 Å². The normalized spacial score (nSPS) is 11.2. The Bertz CT molecular complexity index is 614. The Morgan fingerprint density at radius 2 is 1.80 bits per heavy atom. The second kappa shape index (κ2) is 5.58. The van der Waals surface area contributed by atoms with Gasteiger partial charge in [0.25, 0.3) is 0 Å². The summed E-state index contributed by atoms with van der Waals surface area (Å²) in [5.74, 6) is 0.218. The maximum absolute atomic E-state index is 12.8. The smallest absolute Gasteiger partial charge is 0.373 e. The zero-order valence-electron chi connectivity index (χ0n) is 10.4. The number of pyridine rings is 1. The van der Waals surface area contributed by atoms with E-state index in [1.165, 1.54) is 7.05 Å². The lowest BCUT2D eigenvalue weighted by atomic mass is 10.2. The van der Waals surface area contributed by atoms with E-state index in [1.54, 1.807) is 24.3 Å². The number of aromatic nitrogens is 1. The molecule has 1 aromatic carbocycles. The highest BCUT2D eigenvalue weighted by molar-refractivity contribution is 6.30. The van der Waals surface area contributed by atoms with E-state index in [4.69, 9.17) is 11.6 Å².